The number of fused-ring (bicyclic) bond motifs is 3. The zero-order valence-electron chi connectivity index (χ0n) is 22.6. The van der Waals surface area contributed by atoms with Crippen molar-refractivity contribution >= 4 is 35.2 Å². The van der Waals surface area contributed by atoms with Gasteiger partial charge in [0, 0.05) is 33.5 Å². The Morgan fingerprint density at radius 3 is 2.55 bits per heavy atom. The third-order valence-corrected chi connectivity index (χ3v) is 9.68. The van der Waals surface area contributed by atoms with Crippen LogP contribution in [0.5, 0.6) is 5.75 Å². The molecule has 12 heteroatoms. The molecule has 42 heavy (non-hydrogen) atoms. The van der Waals surface area contributed by atoms with Crippen LogP contribution in [0.1, 0.15) is 65.8 Å². The van der Waals surface area contributed by atoms with Gasteiger partial charge in [-0.05, 0) is 43.0 Å². The van der Waals surface area contributed by atoms with Crippen molar-refractivity contribution < 1.29 is 27.5 Å². The zero-order chi connectivity index (χ0) is 29.8. The van der Waals surface area contributed by atoms with E-state index in [0.29, 0.717) is 34.1 Å². The molecule has 1 fully saturated rings. The minimum atomic E-state index is -4.76. The van der Waals surface area contributed by atoms with E-state index in [1.807, 2.05) is 36.4 Å². The summed E-state index contributed by atoms with van der Waals surface area (Å²) in [7, 11) is 0. The van der Waals surface area contributed by atoms with E-state index in [1.165, 1.54) is 10.9 Å². The largest absolute Gasteiger partial charge is 0.420 e. The van der Waals surface area contributed by atoms with Crippen molar-refractivity contribution in [3.63, 3.8) is 0 Å². The van der Waals surface area contributed by atoms with Crippen LogP contribution in [-0.2, 0) is 10.5 Å². The lowest BCUT2D eigenvalue weighted by molar-refractivity contribution is -0.173. The predicted molar refractivity (Wildman–Crippen MR) is 152 cm³/mol. The van der Waals surface area contributed by atoms with Gasteiger partial charge in [0.15, 0.2) is 5.69 Å². The van der Waals surface area contributed by atoms with E-state index in [1.54, 1.807) is 22.8 Å². The highest BCUT2D eigenvalue weighted by molar-refractivity contribution is 7.98. The Hall–Kier alpha value is -3.44. The summed E-state index contributed by atoms with van der Waals surface area (Å²) in [6, 6.07) is 11.2. The number of halogens is 4. The SMILES string of the molecule is C[C@@H](N1CN([C@@H]2c3ccccc3SCc3cccc(Cl)c32)n2ccc(=O)c(OC(=O)C3CCCC3)c2C1=O)C(F)(F)F. The predicted octanol–water partition coefficient (Wildman–Crippen LogP) is 6.29. The maximum atomic E-state index is 14.2. The third kappa shape index (κ3) is 4.96. The summed E-state index contributed by atoms with van der Waals surface area (Å²) in [4.78, 5) is 41.6. The van der Waals surface area contributed by atoms with Crippen LogP contribution in [0.15, 0.2) is 64.4 Å². The quantitative estimate of drug-likeness (QED) is 0.320. The smallest absolute Gasteiger partial charge is 0.408 e. The van der Waals surface area contributed by atoms with Gasteiger partial charge >= 0.3 is 12.1 Å². The monoisotopic (exact) mass is 617 g/mol. The number of carbonyl (C=O) groups is 2. The molecule has 2 aliphatic heterocycles. The molecule has 3 aliphatic rings. The first-order chi connectivity index (χ1) is 20.1. The Morgan fingerprint density at radius 2 is 1.81 bits per heavy atom. The molecule has 3 aromatic rings. The maximum absolute atomic E-state index is 14.2. The van der Waals surface area contributed by atoms with Crippen LogP contribution in [0.2, 0.25) is 5.02 Å². The number of benzene rings is 2. The number of aromatic nitrogens is 1. The van der Waals surface area contributed by atoms with Crippen LogP contribution in [0.3, 0.4) is 0 Å². The fourth-order valence-corrected chi connectivity index (χ4v) is 7.32. The molecular weight excluding hydrogens is 591 g/mol. The number of pyridine rings is 1. The molecule has 0 radical (unpaired) electrons. The van der Waals surface area contributed by atoms with Crippen molar-refractivity contribution in [2.45, 2.75) is 61.5 Å². The first-order valence-corrected chi connectivity index (χ1v) is 15.0. The molecule has 1 aliphatic carbocycles. The molecule has 3 heterocycles. The number of thioether (sulfide) groups is 1. The molecular formula is C30H27ClF3N3O4S. The van der Waals surface area contributed by atoms with E-state index in [4.69, 9.17) is 16.3 Å². The molecule has 0 unspecified atom stereocenters. The number of nitrogens with zero attached hydrogens (tertiary/aromatic N) is 3. The number of hydrogen-bond acceptors (Lipinski definition) is 6. The van der Waals surface area contributed by atoms with Gasteiger partial charge in [-0.1, -0.05) is 54.8 Å². The molecule has 0 N–H and O–H groups in total. The standard InChI is InChI=1S/C30H27ClF3N3O4S/c1-17(30(32,33)34)35-16-37(25-20-10-4-5-12-23(20)42-15-19-9-6-11-21(31)24(19)25)36-14-13-22(38)27(26(36)28(35)39)41-29(40)18-7-2-3-8-18/h4-6,9-14,17-18,25H,2-3,7-8,15-16H2,1H3/t17-,25-/m1/s1. The second kappa shape index (κ2) is 11.0. The molecule has 0 bridgehead atoms. The topological polar surface area (TPSA) is 71.8 Å². The van der Waals surface area contributed by atoms with Crippen LogP contribution in [-0.4, -0.2) is 40.3 Å². The number of alkyl halides is 3. The zero-order valence-corrected chi connectivity index (χ0v) is 24.1. The summed E-state index contributed by atoms with van der Waals surface area (Å²) in [5.41, 5.74) is 1.14. The fraction of sp³-hybridized carbons (Fsp3) is 0.367. The average molecular weight is 618 g/mol. The molecule has 7 nitrogen and oxygen atoms in total. The van der Waals surface area contributed by atoms with Crippen molar-refractivity contribution in [2.24, 2.45) is 5.92 Å². The second-order valence-electron chi connectivity index (χ2n) is 10.7. The lowest BCUT2D eigenvalue weighted by atomic mass is 9.94. The molecule has 220 valence electrons. The van der Waals surface area contributed by atoms with E-state index in [9.17, 15) is 27.6 Å². The van der Waals surface area contributed by atoms with E-state index in [2.05, 4.69) is 0 Å². The van der Waals surface area contributed by atoms with E-state index >= 15 is 0 Å². The minimum absolute atomic E-state index is 0.414. The lowest BCUT2D eigenvalue weighted by Gasteiger charge is -2.46. The van der Waals surface area contributed by atoms with Crippen molar-refractivity contribution in [1.29, 1.82) is 0 Å². The average Bonchev–Trinajstić information content (AvgIpc) is 3.45. The van der Waals surface area contributed by atoms with Crippen molar-refractivity contribution in [2.75, 3.05) is 11.7 Å². The van der Waals surface area contributed by atoms with Gasteiger partial charge < -0.3 is 9.64 Å². The Balaban J connectivity index is 1.58. The minimum Gasteiger partial charge on any atom is -0.420 e. The van der Waals surface area contributed by atoms with Crippen LogP contribution in [0, 0.1) is 5.92 Å². The van der Waals surface area contributed by atoms with Gasteiger partial charge in [0.1, 0.15) is 18.8 Å². The van der Waals surface area contributed by atoms with Gasteiger partial charge in [-0.3, -0.25) is 24.1 Å². The van der Waals surface area contributed by atoms with Crippen LogP contribution in [0.25, 0.3) is 0 Å². The van der Waals surface area contributed by atoms with Gasteiger partial charge in [-0.15, -0.1) is 11.8 Å². The third-order valence-electron chi connectivity index (χ3n) is 8.22. The molecule has 0 saturated heterocycles. The van der Waals surface area contributed by atoms with Gasteiger partial charge in [0.25, 0.3) is 5.91 Å². The van der Waals surface area contributed by atoms with Crippen molar-refractivity contribution in [3.05, 3.63) is 92.4 Å². The van der Waals surface area contributed by atoms with Gasteiger partial charge in [0.2, 0.25) is 11.2 Å². The van der Waals surface area contributed by atoms with Crippen LogP contribution >= 0.6 is 23.4 Å². The summed E-state index contributed by atoms with van der Waals surface area (Å²) >= 11 is 8.37. The molecule has 1 saturated carbocycles. The second-order valence-corrected chi connectivity index (χ2v) is 12.1. The van der Waals surface area contributed by atoms with Crippen molar-refractivity contribution in [3.8, 4) is 5.75 Å². The van der Waals surface area contributed by atoms with Gasteiger partial charge in [0.05, 0.1) is 5.92 Å². The summed E-state index contributed by atoms with van der Waals surface area (Å²) in [5, 5.41) is 2.00. The number of amides is 1. The first-order valence-electron chi connectivity index (χ1n) is 13.7. The van der Waals surface area contributed by atoms with E-state index in [0.717, 1.165) is 41.9 Å². The highest BCUT2D eigenvalue weighted by atomic mass is 35.5. The molecule has 1 amide bonds. The highest BCUT2D eigenvalue weighted by Gasteiger charge is 2.48. The van der Waals surface area contributed by atoms with Crippen LogP contribution < -0.4 is 15.2 Å². The molecule has 2 atom stereocenters. The Labute approximate surface area is 249 Å². The van der Waals surface area contributed by atoms with Crippen molar-refractivity contribution in [1.82, 2.24) is 9.58 Å². The number of carbonyl (C=O) groups excluding carboxylic acids is 2. The van der Waals surface area contributed by atoms with Crippen LogP contribution in [0.4, 0.5) is 13.2 Å². The summed E-state index contributed by atoms with van der Waals surface area (Å²) in [6.07, 6.45) is -0.596. The normalized spacial score (nSPS) is 19.5. The van der Waals surface area contributed by atoms with Gasteiger partial charge in [-0.25, -0.2) is 0 Å². The number of ether oxygens (including phenoxy) is 1. The maximum Gasteiger partial charge on any atom is 0.408 e. The fourth-order valence-electron chi connectivity index (χ4n) is 5.94. The summed E-state index contributed by atoms with van der Waals surface area (Å²) < 4.78 is 49.4. The lowest BCUT2D eigenvalue weighted by Crippen LogP contribution is -2.60. The number of hydrogen-bond donors (Lipinski definition) is 0. The Morgan fingerprint density at radius 1 is 1.07 bits per heavy atom. The molecule has 1 aromatic heterocycles. The molecule has 2 aromatic carbocycles. The molecule has 6 rings (SSSR count). The highest BCUT2D eigenvalue weighted by Crippen LogP contribution is 2.45. The Bertz CT molecular complexity index is 1620. The van der Waals surface area contributed by atoms with Gasteiger partial charge in [-0.2, -0.15) is 13.2 Å². The van der Waals surface area contributed by atoms with E-state index < -0.39 is 59.6 Å². The summed E-state index contributed by atoms with van der Waals surface area (Å²) in [6.45, 7) is 0.425. The Kier molecular flexibility index (Phi) is 7.51. The number of rotatable bonds is 4. The molecule has 0 spiro atoms. The number of esters is 1. The summed E-state index contributed by atoms with van der Waals surface area (Å²) in [5.74, 6) is -2.16. The first kappa shape index (κ1) is 28.7. The van der Waals surface area contributed by atoms with E-state index in [-0.39, 0.29) is 0 Å².